The Balaban J connectivity index is 3.23. The van der Waals surface area contributed by atoms with E-state index >= 15 is 0 Å². The lowest BCUT2D eigenvalue weighted by Gasteiger charge is -2.17. The Bertz CT molecular complexity index is 389. The van der Waals surface area contributed by atoms with E-state index in [2.05, 4.69) is 10.2 Å². The van der Waals surface area contributed by atoms with Crippen molar-refractivity contribution in [1.82, 2.24) is 10.2 Å². The number of nitrogens with zero attached hydrogens (tertiary/aromatic N) is 2. The third-order valence-corrected chi connectivity index (χ3v) is 2.78. The lowest BCUT2D eigenvalue weighted by atomic mass is 9.94. The van der Waals surface area contributed by atoms with Crippen molar-refractivity contribution >= 4 is 0 Å². The maximum Gasteiger partial charge on any atom is 0.435 e. The van der Waals surface area contributed by atoms with Gasteiger partial charge in [0.05, 0.1) is 6.61 Å². The van der Waals surface area contributed by atoms with Crippen molar-refractivity contribution in [2.24, 2.45) is 0 Å². The predicted octanol–water partition coefficient (Wildman–Crippen LogP) is 3.80. The molecule has 0 spiro atoms. The average Bonchev–Trinajstić information content (AvgIpc) is 2.31. The second-order valence-corrected chi connectivity index (χ2v) is 3.93. The van der Waals surface area contributed by atoms with Gasteiger partial charge in [0.1, 0.15) is 0 Å². The SMILES string of the molecule is CCOc1nnc(C(F)(F)F)cc1C(CC)CC. The van der Waals surface area contributed by atoms with Crippen molar-refractivity contribution < 1.29 is 17.9 Å². The van der Waals surface area contributed by atoms with Crippen LogP contribution in [-0.4, -0.2) is 16.8 Å². The van der Waals surface area contributed by atoms with Gasteiger partial charge in [-0.1, -0.05) is 13.8 Å². The standard InChI is InChI=1S/C12H17F3N2O/c1-4-8(5-2)9-7-10(12(13,14)15)16-17-11(9)18-6-3/h7-8H,4-6H2,1-3H3. The summed E-state index contributed by atoms with van der Waals surface area (Å²) in [6.07, 6.45) is -3.00. The van der Waals surface area contributed by atoms with E-state index in [4.69, 9.17) is 4.74 Å². The summed E-state index contributed by atoms with van der Waals surface area (Å²) in [6.45, 7) is 5.97. The lowest BCUT2D eigenvalue weighted by Crippen LogP contribution is -2.13. The van der Waals surface area contributed by atoms with Crippen LogP contribution in [0.5, 0.6) is 5.88 Å². The largest absolute Gasteiger partial charge is 0.477 e. The first-order valence-electron chi connectivity index (χ1n) is 6.01. The van der Waals surface area contributed by atoms with E-state index in [9.17, 15) is 13.2 Å². The average molecular weight is 262 g/mol. The molecule has 1 aromatic rings. The van der Waals surface area contributed by atoms with Crippen LogP contribution < -0.4 is 4.74 Å². The quantitative estimate of drug-likeness (QED) is 0.809. The number of halogens is 3. The fraction of sp³-hybridized carbons (Fsp3) is 0.667. The Morgan fingerprint density at radius 2 is 1.78 bits per heavy atom. The predicted molar refractivity (Wildman–Crippen MR) is 61.5 cm³/mol. The van der Waals surface area contributed by atoms with E-state index in [0.717, 1.165) is 18.9 Å². The van der Waals surface area contributed by atoms with Crippen LogP contribution in [0.4, 0.5) is 13.2 Å². The van der Waals surface area contributed by atoms with Gasteiger partial charge in [-0.05, 0) is 31.7 Å². The van der Waals surface area contributed by atoms with Gasteiger partial charge in [-0.25, -0.2) is 0 Å². The van der Waals surface area contributed by atoms with E-state index < -0.39 is 11.9 Å². The van der Waals surface area contributed by atoms with Crippen LogP contribution >= 0.6 is 0 Å². The summed E-state index contributed by atoms with van der Waals surface area (Å²) in [5.74, 6) is 0.211. The van der Waals surface area contributed by atoms with Gasteiger partial charge in [0, 0.05) is 5.56 Å². The number of rotatable bonds is 5. The number of alkyl halides is 3. The van der Waals surface area contributed by atoms with Crippen molar-refractivity contribution in [2.45, 2.75) is 45.7 Å². The molecule has 0 fully saturated rings. The van der Waals surface area contributed by atoms with Crippen LogP contribution in [0.25, 0.3) is 0 Å². The molecule has 0 radical (unpaired) electrons. The third kappa shape index (κ3) is 3.34. The summed E-state index contributed by atoms with van der Waals surface area (Å²) in [5.41, 5.74) is -0.475. The number of hydrogen-bond donors (Lipinski definition) is 0. The second-order valence-electron chi connectivity index (χ2n) is 3.93. The molecule has 0 atom stereocenters. The fourth-order valence-corrected chi connectivity index (χ4v) is 1.80. The molecule has 0 amide bonds. The van der Waals surface area contributed by atoms with Gasteiger partial charge in [-0.3, -0.25) is 0 Å². The van der Waals surface area contributed by atoms with Gasteiger partial charge in [0.15, 0.2) is 5.69 Å². The van der Waals surface area contributed by atoms with Crippen molar-refractivity contribution in [1.29, 1.82) is 0 Å². The van der Waals surface area contributed by atoms with Crippen LogP contribution in [-0.2, 0) is 6.18 Å². The first-order valence-corrected chi connectivity index (χ1v) is 6.01. The molecule has 0 saturated carbocycles. The zero-order valence-electron chi connectivity index (χ0n) is 10.7. The highest BCUT2D eigenvalue weighted by Gasteiger charge is 2.34. The Kier molecular flexibility index (Phi) is 4.93. The maximum atomic E-state index is 12.6. The fourth-order valence-electron chi connectivity index (χ4n) is 1.80. The molecule has 1 aromatic heterocycles. The van der Waals surface area contributed by atoms with Crippen molar-refractivity contribution in [3.8, 4) is 5.88 Å². The molecular formula is C12H17F3N2O. The van der Waals surface area contributed by atoms with Gasteiger partial charge in [0.2, 0.25) is 5.88 Å². The minimum absolute atomic E-state index is 0.00292. The van der Waals surface area contributed by atoms with Crippen LogP contribution in [0.2, 0.25) is 0 Å². The van der Waals surface area contributed by atoms with E-state index in [0.29, 0.717) is 12.2 Å². The van der Waals surface area contributed by atoms with Crippen LogP contribution in [0.1, 0.15) is 50.8 Å². The molecule has 0 aliphatic heterocycles. The summed E-state index contributed by atoms with van der Waals surface area (Å²) in [6, 6.07) is 1.05. The van der Waals surface area contributed by atoms with Crippen LogP contribution in [0.3, 0.4) is 0 Å². The zero-order valence-corrected chi connectivity index (χ0v) is 10.7. The molecule has 1 rings (SSSR count). The first kappa shape index (κ1) is 14.7. The summed E-state index contributed by atoms with van der Waals surface area (Å²) in [7, 11) is 0. The molecule has 102 valence electrons. The minimum atomic E-state index is -4.47. The number of aromatic nitrogens is 2. The Morgan fingerprint density at radius 1 is 1.17 bits per heavy atom. The minimum Gasteiger partial charge on any atom is -0.477 e. The number of ether oxygens (including phenoxy) is 1. The number of hydrogen-bond acceptors (Lipinski definition) is 3. The maximum absolute atomic E-state index is 12.6. The molecule has 0 aliphatic rings. The van der Waals surface area contributed by atoms with Gasteiger partial charge in [0.25, 0.3) is 0 Å². The second kappa shape index (κ2) is 6.02. The topological polar surface area (TPSA) is 35.0 Å². The van der Waals surface area contributed by atoms with E-state index in [-0.39, 0.29) is 11.8 Å². The van der Waals surface area contributed by atoms with Gasteiger partial charge in [-0.15, -0.1) is 10.2 Å². The smallest absolute Gasteiger partial charge is 0.435 e. The summed E-state index contributed by atoms with van der Waals surface area (Å²) < 4.78 is 43.1. The molecule has 0 aromatic carbocycles. The Labute approximate surface area is 104 Å². The van der Waals surface area contributed by atoms with Crippen molar-refractivity contribution in [3.63, 3.8) is 0 Å². The Hall–Kier alpha value is -1.33. The van der Waals surface area contributed by atoms with Gasteiger partial charge >= 0.3 is 6.18 Å². The zero-order chi connectivity index (χ0) is 13.8. The highest BCUT2D eigenvalue weighted by Crippen LogP contribution is 2.34. The van der Waals surface area contributed by atoms with E-state index in [1.807, 2.05) is 13.8 Å². The van der Waals surface area contributed by atoms with Gasteiger partial charge < -0.3 is 4.74 Å². The molecule has 1 heterocycles. The van der Waals surface area contributed by atoms with Crippen LogP contribution in [0, 0.1) is 0 Å². The van der Waals surface area contributed by atoms with Crippen molar-refractivity contribution in [2.75, 3.05) is 6.61 Å². The molecule has 18 heavy (non-hydrogen) atoms. The summed E-state index contributed by atoms with van der Waals surface area (Å²) >= 11 is 0. The molecule has 0 unspecified atom stereocenters. The first-order chi connectivity index (χ1) is 8.43. The van der Waals surface area contributed by atoms with Gasteiger partial charge in [-0.2, -0.15) is 13.2 Å². The third-order valence-electron chi connectivity index (χ3n) is 2.78. The molecule has 0 bridgehead atoms. The summed E-state index contributed by atoms with van der Waals surface area (Å²) in [5, 5.41) is 6.74. The highest BCUT2D eigenvalue weighted by molar-refractivity contribution is 5.31. The molecule has 0 N–H and O–H groups in total. The highest BCUT2D eigenvalue weighted by atomic mass is 19.4. The lowest BCUT2D eigenvalue weighted by molar-refractivity contribution is -0.141. The van der Waals surface area contributed by atoms with Crippen molar-refractivity contribution in [3.05, 3.63) is 17.3 Å². The molecular weight excluding hydrogens is 245 g/mol. The molecule has 0 aliphatic carbocycles. The Morgan fingerprint density at radius 3 is 2.22 bits per heavy atom. The normalized spacial score (nSPS) is 11.9. The van der Waals surface area contributed by atoms with Crippen LogP contribution in [0.15, 0.2) is 6.07 Å². The molecule has 0 saturated heterocycles. The molecule has 3 nitrogen and oxygen atoms in total. The molecule has 6 heteroatoms. The summed E-state index contributed by atoms with van der Waals surface area (Å²) in [4.78, 5) is 0. The van der Waals surface area contributed by atoms with E-state index in [1.54, 1.807) is 6.92 Å². The van der Waals surface area contributed by atoms with E-state index in [1.165, 1.54) is 0 Å². The monoisotopic (exact) mass is 262 g/mol.